The summed E-state index contributed by atoms with van der Waals surface area (Å²) < 4.78 is 23.1. The van der Waals surface area contributed by atoms with Crippen molar-refractivity contribution in [1.82, 2.24) is 0 Å². The zero-order valence-electron chi connectivity index (χ0n) is 10.9. The summed E-state index contributed by atoms with van der Waals surface area (Å²) in [6, 6.07) is 2.20. The van der Waals surface area contributed by atoms with E-state index >= 15 is 0 Å². The molecule has 20 heavy (non-hydrogen) atoms. The molecule has 0 unspecified atom stereocenters. The Bertz CT molecular complexity index is 582. The van der Waals surface area contributed by atoms with Crippen LogP contribution in [0, 0.1) is 5.82 Å². The molecule has 0 heterocycles. The van der Waals surface area contributed by atoms with Crippen molar-refractivity contribution in [3.8, 4) is 5.75 Å². The van der Waals surface area contributed by atoms with E-state index in [1.165, 1.54) is 20.3 Å². The third-order valence-electron chi connectivity index (χ3n) is 2.13. The van der Waals surface area contributed by atoms with Crippen LogP contribution in [-0.4, -0.2) is 32.1 Å². The van der Waals surface area contributed by atoms with E-state index in [1.807, 2.05) is 0 Å². The number of guanidine groups is 2. The Morgan fingerprint density at radius 3 is 2.40 bits per heavy atom. The number of methoxy groups -OCH3 is 2. The lowest BCUT2D eigenvalue weighted by Gasteiger charge is -2.08. The molecule has 0 atom stereocenters. The third-order valence-corrected chi connectivity index (χ3v) is 2.13. The molecular weight excluding hydrogens is 269 g/mol. The van der Waals surface area contributed by atoms with Gasteiger partial charge in [0.05, 0.1) is 19.8 Å². The third kappa shape index (κ3) is 3.57. The SMILES string of the molecule is COC(=O)c1cc(F)c(OC)c(N=C(N)N=C(N)N)c1. The molecule has 108 valence electrons. The minimum absolute atomic E-state index is 0.0459. The van der Waals surface area contributed by atoms with Crippen LogP contribution in [0.1, 0.15) is 10.4 Å². The van der Waals surface area contributed by atoms with E-state index in [2.05, 4.69) is 14.7 Å². The molecular formula is C11H14FN5O3. The van der Waals surface area contributed by atoms with Crippen LogP contribution >= 0.6 is 0 Å². The lowest BCUT2D eigenvalue weighted by molar-refractivity contribution is 0.0600. The fraction of sp³-hybridized carbons (Fsp3) is 0.182. The minimum atomic E-state index is -0.799. The zero-order chi connectivity index (χ0) is 15.3. The number of ether oxygens (including phenoxy) is 2. The molecule has 0 aromatic heterocycles. The van der Waals surface area contributed by atoms with Gasteiger partial charge in [0, 0.05) is 0 Å². The van der Waals surface area contributed by atoms with Gasteiger partial charge in [-0.3, -0.25) is 0 Å². The van der Waals surface area contributed by atoms with Crippen LogP contribution in [0.5, 0.6) is 5.75 Å². The van der Waals surface area contributed by atoms with Gasteiger partial charge in [0.25, 0.3) is 0 Å². The van der Waals surface area contributed by atoms with Crippen molar-refractivity contribution in [3.05, 3.63) is 23.5 Å². The number of nitrogens with zero attached hydrogens (tertiary/aromatic N) is 2. The van der Waals surface area contributed by atoms with Crippen LogP contribution in [0.3, 0.4) is 0 Å². The average molecular weight is 283 g/mol. The number of hydrogen-bond donors (Lipinski definition) is 3. The topological polar surface area (TPSA) is 138 Å². The van der Waals surface area contributed by atoms with E-state index in [1.54, 1.807) is 0 Å². The predicted molar refractivity (Wildman–Crippen MR) is 71.4 cm³/mol. The van der Waals surface area contributed by atoms with Crippen LogP contribution < -0.4 is 21.9 Å². The van der Waals surface area contributed by atoms with Crippen molar-refractivity contribution in [2.24, 2.45) is 27.2 Å². The summed E-state index contributed by atoms with van der Waals surface area (Å²) >= 11 is 0. The van der Waals surface area contributed by atoms with Crippen molar-refractivity contribution in [3.63, 3.8) is 0 Å². The van der Waals surface area contributed by atoms with Gasteiger partial charge in [0.15, 0.2) is 17.5 Å². The number of halogens is 1. The number of esters is 1. The van der Waals surface area contributed by atoms with E-state index in [0.29, 0.717) is 0 Å². The molecule has 8 nitrogen and oxygen atoms in total. The number of hydrogen-bond acceptors (Lipinski definition) is 4. The van der Waals surface area contributed by atoms with Crippen LogP contribution in [0.15, 0.2) is 22.1 Å². The van der Waals surface area contributed by atoms with Gasteiger partial charge in [-0.25, -0.2) is 14.2 Å². The fourth-order valence-electron chi connectivity index (χ4n) is 1.38. The molecule has 0 saturated carbocycles. The quantitative estimate of drug-likeness (QED) is 0.400. The molecule has 1 aromatic rings. The minimum Gasteiger partial charge on any atom is -0.492 e. The Labute approximate surface area is 114 Å². The van der Waals surface area contributed by atoms with E-state index in [4.69, 9.17) is 21.9 Å². The van der Waals surface area contributed by atoms with E-state index in [-0.39, 0.29) is 28.9 Å². The molecule has 0 amide bonds. The van der Waals surface area contributed by atoms with Crippen molar-refractivity contribution >= 4 is 23.6 Å². The molecule has 0 radical (unpaired) electrons. The van der Waals surface area contributed by atoms with Crippen molar-refractivity contribution < 1.29 is 18.7 Å². The molecule has 0 fully saturated rings. The highest BCUT2D eigenvalue weighted by molar-refractivity contribution is 5.95. The largest absolute Gasteiger partial charge is 0.492 e. The Hall–Kier alpha value is -2.84. The number of benzene rings is 1. The van der Waals surface area contributed by atoms with E-state index < -0.39 is 11.8 Å². The molecule has 0 aliphatic heterocycles. The standard InChI is InChI=1S/C11H14FN5O3/c1-19-8-6(12)3-5(9(18)20-2)4-7(8)16-11(15)17-10(13)14/h3-4H,1-2H3,(H6,13,14,15,16,17). The normalized spacial score (nSPS) is 10.8. The lowest BCUT2D eigenvalue weighted by Crippen LogP contribution is -2.26. The summed E-state index contributed by atoms with van der Waals surface area (Å²) in [5, 5.41) is 0. The first-order valence-corrected chi connectivity index (χ1v) is 5.28. The van der Waals surface area contributed by atoms with Gasteiger partial charge in [-0.15, -0.1) is 0 Å². The highest BCUT2D eigenvalue weighted by atomic mass is 19.1. The highest BCUT2D eigenvalue weighted by Gasteiger charge is 2.16. The van der Waals surface area contributed by atoms with Crippen molar-refractivity contribution in [1.29, 1.82) is 0 Å². The Kier molecular flexibility index (Phi) is 4.84. The van der Waals surface area contributed by atoms with Gasteiger partial charge in [0.2, 0.25) is 5.96 Å². The van der Waals surface area contributed by atoms with Crippen molar-refractivity contribution in [2.75, 3.05) is 14.2 Å². The van der Waals surface area contributed by atoms with Gasteiger partial charge in [-0.1, -0.05) is 0 Å². The maximum absolute atomic E-state index is 13.8. The molecule has 6 N–H and O–H groups in total. The van der Waals surface area contributed by atoms with Crippen LogP contribution in [0.4, 0.5) is 10.1 Å². The highest BCUT2D eigenvalue weighted by Crippen LogP contribution is 2.32. The molecule has 9 heteroatoms. The maximum Gasteiger partial charge on any atom is 0.338 e. The summed E-state index contributed by atoms with van der Waals surface area (Å²) in [7, 11) is 2.41. The van der Waals surface area contributed by atoms with Crippen LogP contribution in [-0.2, 0) is 4.74 Å². The second-order valence-corrected chi connectivity index (χ2v) is 3.51. The Balaban J connectivity index is 3.39. The molecule has 0 aliphatic carbocycles. The maximum atomic E-state index is 13.8. The molecule has 0 saturated heterocycles. The number of rotatable bonds is 3. The molecule has 0 spiro atoms. The second kappa shape index (κ2) is 6.36. The molecule has 0 aliphatic rings. The van der Waals surface area contributed by atoms with Gasteiger partial charge in [-0.05, 0) is 12.1 Å². The van der Waals surface area contributed by atoms with Crippen LogP contribution in [0.2, 0.25) is 0 Å². The van der Waals surface area contributed by atoms with Gasteiger partial charge in [0.1, 0.15) is 5.69 Å². The summed E-state index contributed by atoms with van der Waals surface area (Å²) in [4.78, 5) is 18.7. The summed E-state index contributed by atoms with van der Waals surface area (Å²) in [5.41, 5.74) is 15.6. The number of carbonyl (C=O) groups excluding carboxylic acids is 1. The first-order valence-electron chi connectivity index (χ1n) is 5.28. The van der Waals surface area contributed by atoms with Gasteiger partial charge >= 0.3 is 5.97 Å². The Morgan fingerprint density at radius 1 is 1.25 bits per heavy atom. The summed E-state index contributed by atoms with van der Waals surface area (Å²) in [5.74, 6) is -2.36. The molecule has 0 bridgehead atoms. The molecule has 1 aromatic carbocycles. The summed E-state index contributed by atoms with van der Waals surface area (Å²) in [6.45, 7) is 0. The monoisotopic (exact) mass is 283 g/mol. The number of nitrogens with two attached hydrogens (primary N) is 3. The Morgan fingerprint density at radius 2 is 1.90 bits per heavy atom. The summed E-state index contributed by atoms with van der Waals surface area (Å²) in [6.07, 6.45) is 0. The van der Waals surface area contributed by atoms with E-state index in [0.717, 1.165) is 6.07 Å². The van der Waals surface area contributed by atoms with Crippen LogP contribution in [0.25, 0.3) is 0 Å². The van der Waals surface area contributed by atoms with Gasteiger partial charge in [-0.2, -0.15) is 4.99 Å². The number of aliphatic imine (C=N–C) groups is 2. The fourth-order valence-corrected chi connectivity index (χ4v) is 1.38. The predicted octanol–water partition coefficient (Wildman–Crippen LogP) is -0.159. The van der Waals surface area contributed by atoms with E-state index in [9.17, 15) is 9.18 Å². The van der Waals surface area contributed by atoms with Gasteiger partial charge < -0.3 is 26.7 Å². The lowest BCUT2D eigenvalue weighted by atomic mass is 10.2. The molecule has 1 rings (SSSR count). The second-order valence-electron chi connectivity index (χ2n) is 3.51. The van der Waals surface area contributed by atoms with Crippen molar-refractivity contribution in [2.45, 2.75) is 0 Å². The zero-order valence-corrected chi connectivity index (χ0v) is 10.9. The smallest absolute Gasteiger partial charge is 0.338 e. The number of carbonyl (C=O) groups is 1. The average Bonchev–Trinajstić information content (AvgIpc) is 2.36. The first-order chi connectivity index (χ1) is 9.38. The first kappa shape index (κ1) is 15.2.